The van der Waals surface area contributed by atoms with Gasteiger partial charge in [0.1, 0.15) is 0 Å². The van der Waals surface area contributed by atoms with Crippen molar-refractivity contribution in [2.24, 2.45) is 0 Å². The standard InChI is InChI=1S/C18H20N2S/c1-13-7-6-9-15-18(13)17(11-19-15)21-16-10-5-4-8-14(16)12-20(2)3/h4-11,19H,12H2,1-3H3. The predicted octanol–water partition coefficient (Wildman–Crippen LogP) is 4.69. The van der Waals surface area contributed by atoms with Gasteiger partial charge in [-0.25, -0.2) is 0 Å². The second kappa shape index (κ2) is 5.96. The van der Waals surface area contributed by atoms with Crippen LogP contribution in [0.3, 0.4) is 0 Å². The third-order valence-electron chi connectivity index (χ3n) is 3.56. The van der Waals surface area contributed by atoms with E-state index in [1.165, 1.54) is 31.8 Å². The Morgan fingerprint density at radius 3 is 2.62 bits per heavy atom. The van der Waals surface area contributed by atoms with E-state index in [9.17, 15) is 0 Å². The van der Waals surface area contributed by atoms with Crippen molar-refractivity contribution in [1.29, 1.82) is 0 Å². The fourth-order valence-electron chi connectivity index (χ4n) is 2.60. The van der Waals surface area contributed by atoms with E-state index in [0.717, 1.165) is 6.54 Å². The summed E-state index contributed by atoms with van der Waals surface area (Å²) in [6.45, 7) is 3.14. The highest BCUT2D eigenvalue weighted by molar-refractivity contribution is 7.99. The van der Waals surface area contributed by atoms with Crippen molar-refractivity contribution in [1.82, 2.24) is 9.88 Å². The number of fused-ring (bicyclic) bond motifs is 1. The first-order chi connectivity index (χ1) is 10.1. The zero-order valence-electron chi connectivity index (χ0n) is 12.7. The SMILES string of the molecule is Cc1cccc2[nH]cc(Sc3ccccc3CN(C)C)c12. The molecule has 1 heterocycles. The van der Waals surface area contributed by atoms with Crippen LogP contribution in [0.4, 0.5) is 0 Å². The summed E-state index contributed by atoms with van der Waals surface area (Å²) in [7, 11) is 4.22. The summed E-state index contributed by atoms with van der Waals surface area (Å²) in [6.07, 6.45) is 2.12. The lowest BCUT2D eigenvalue weighted by Gasteiger charge is -2.13. The largest absolute Gasteiger partial charge is 0.360 e. The molecule has 0 aliphatic carbocycles. The smallest absolute Gasteiger partial charge is 0.0468 e. The lowest BCUT2D eigenvalue weighted by Crippen LogP contribution is -2.11. The van der Waals surface area contributed by atoms with Gasteiger partial charge in [0.2, 0.25) is 0 Å². The number of hydrogen-bond donors (Lipinski definition) is 1. The van der Waals surface area contributed by atoms with Crippen LogP contribution in [0.25, 0.3) is 10.9 Å². The molecule has 0 aliphatic heterocycles. The van der Waals surface area contributed by atoms with Crippen molar-refractivity contribution < 1.29 is 0 Å². The van der Waals surface area contributed by atoms with E-state index >= 15 is 0 Å². The molecule has 2 nitrogen and oxygen atoms in total. The number of hydrogen-bond acceptors (Lipinski definition) is 2. The quantitative estimate of drug-likeness (QED) is 0.753. The molecular weight excluding hydrogens is 276 g/mol. The number of nitrogens with one attached hydrogen (secondary N) is 1. The monoisotopic (exact) mass is 296 g/mol. The van der Waals surface area contributed by atoms with Gasteiger partial charge in [-0.1, -0.05) is 42.1 Å². The maximum Gasteiger partial charge on any atom is 0.0468 e. The first-order valence-corrected chi connectivity index (χ1v) is 7.94. The van der Waals surface area contributed by atoms with Crippen LogP contribution < -0.4 is 0 Å². The molecule has 0 bridgehead atoms. The van der Waals surface area contributed by atoms with Crippen molar-refractivity contribution >= 4 is 22.7 Å². The molecular formula is C18H20N2S. The van der Waals surface area contributed by atoms with Crippen LogP contribution in [0.15, 0.2) is 58.5 Å². The van der Waals surface area contributed by atoms with Gasteiger partial charge in [0, 0.05) is 33.4 Å². The second-order valence-corrected chi connectivity index (χ2v) is 6.68. The van der Waals surface area contributed by atoms with Crippen LogP contribution in [-0.4, -0.2) is 24.0 Å². The Labute approximate surface area is 130 Å². The number of H-pyrrole nitrogens is 1. The summed E-state index contributed by atoms with van der Waals surface area (Å²) in [5.41, 5.74) is 3.90. The molecule has 0 aliphatic rings. The summed E-state index contributed by atoms with van der Waals surface area (Å²) in [4.78, 5) is 8.22. The van der Waals surface area contributed by atoms with E-state index < -0.39 is 0 Å². The topological polar surface area (TPSA) is 19.0 Å². The van der Waals surface area contributed by atoms with E-state index in [1.807, 2.05) is 11.8 Å². The van der Waals surface area contributed by atoms with Crippen LogP contribution in [-0.2, 0) is 6.54 Å². The van der Waals surface area contributed by atoms with Crippen LogP contribution in [0.2, 0.25) is 0 Å². The molecule has 0 saturated heterocycles. The second-order valence-electron chi connectivity index (χ2n) is 5.60. The molecule has 0 saturated carbocycles. The zero-order chi connectivity index (χ0) is 14.8. The highest BCUT2D eigenvalue weighted by Crippen LogP contribution is 2.36. The fourth-order valence-corrected chi connectivity index (χ4v) is 3.74. The maximum atomic E-state index is 3.38. The third kappa shape index (κ3) is 2.99. The minimum Gasteiger partial charge on any atom is -0.360 e. The van der Waals surface area contributed by atoms with Gasteiger partial charge in [-0.2, -0.15) is 0 Å². The van der Waals surface area contributed by atoms with E-state index in [-0.39, 0.29) is 0 Å². The zero-order valence-corrected chi connectivity index (χ0v) is 13.5. The third-order valence-corrected chi connectivity index (χ3v) is 4.72. The van der Waals surface area contributed by atoms with Crippen molar-refractivity contribution in [2.45, 2.75) is 23.3 Å². The summed E-state index contributed by atoms with van der Waals surface area (Å²) >= 11 is 1.85. The molecule has 0 unspecified atom stereocenters. The van der Waals surface area contributed by atoms with Gasteiger partial charge in [-0.05, 0) is 44.3 Å². The summed E-state index contributed by atoms with van der Waals surface area (Å²) in [5.74, 6) is 0. The Kier molecular flexibility index (Phi) is 4.04. The molecule has 3 aromatic rings. The van der Waals surface area contributed by atoms with Crippen LogP contribution in [0, 0.1) is 6.92 Å². The lowest BCUT2D eigenvalue weighted by atomic mass is 10.1. The van der Waals surface area contributed by atoms with E-state index in [1.54, 1.807) is 0 Å². The van der Waals surface area contributed by atoms with Crippen molar-refractivity contribution in [3.63, 3.8) is 0 Å². The normalized spacial score (nSPS) is 11.4. The summed E-state index contributed by atoms with van der Waals surface area (Å²) in [5, 5.41) is 1.34. The van der Waals surface area contributed by atoms with Crippen molar-refractivity contribution in [3.8, 4) is 0 Å². The van der Waals surface area contributed by atoms with Gasteiger partial charge in [0.15, 0.2) is 0 Å². The van der Waals surface area contributed by atoms with Gasteiger partial charge in [0.05, 0.1) is 0 Å². The lowest BCUT2D eigenvalue weighted by molar-refractivity contribution is 0.399. The molecule has 0 spiro atoms. The van der Waals surface area contributed by atoms with E-state index in [4.69, 9.17) is 0 Å². The molecule has 0 radical (unpaired) electrons. The molecule has 0 fully saturated rings. The number of nitrogens with zero attached hydrogens (tertiary/aromatic N) is 1. The highest BCUT2D eigenvalue weighted by atomic mass is 32.2. The number of aromatic amines is 1. The molecule has 21 heavy (non-hydrogen) atoms. The van der Waals surface area contributed by atoms with Crippen LogP contribution in [0.1, 0.15) is 11.1 Å². The Morgan fingerprint density at radius 2 is 1.81 bits per heavy atom. The Balaban J connectivity index is 1.99. The molecule has 0 atom stereocenters. The Hall–Kier alpha value is -1.71. The average Bonchev–Trinajstić information content (AvgIpc) is 2.85. The first kappa shape index (κ1) is 14.2. The fraction of sp³-hybridized carbons (Fsp3) is 0.222. The molecule has 1 aromatic heterocycles. The summed E-state index contributed by atoms with van der Waals surface area (Å²) in [6, 6.07) is 15.1. The Morgan fingerprint density at radius 1 is 1.00 bits per heavy atom. The van der Waals surface area contributed by atoms with Gasteiger partial charge in [-0.15, -0.1) is 0 Å². The van der Waals surface area contributed by atoms with Gasteiger partial charge >= 0.3 is 0 Å². The number of rotatable bonds is 4. The number of aromatic nitrogens is 1. The minimum atomic E-state index is 0.963. The number of aryl methyl sites for hydroxylation is 1. The first-order valence-electron chi connectivity index (χ1n) is 7.12. The minimum absolute atomic E-state index is 0.963. The molecule has 3 heteroatoms. The predicted molar refractivity (Wildman–Crippen MR) is 91.0 cm³/mol. The highest BCUT2D eigenvalue weighted by Gasteiger charge is 2.10. The Bertz CT molecular complexity index is 759. The van der Waals surface area contributed by atoms with E-state index in [2.05, 4.69) is 79.6 Å². The van der Waals surface area contributed by atoms with Crippen LogP contribution in [0.5, 0.6) is 0 Å². The van der Waals surface area contributed by atoms with Crippen LogP contribution >= 0.6 is 11.8 Å². The van der Waals surface area contributed by atoms with Crippen molar-refractivity contribution in [3.05, 3.63) is 59.8 Å². The summed E-state index contributed by atoms with van der Waals surface area (Å²) < 4.78 is 0. The van der Waals surface area contributed by atoms with Gasteiger partial charge in [0.25, 0.3) is 0 Å². The molecule has 0 amide bonds. The number of benzene rings is 2. The molecule has 2 aromatic carbocycles. The van der Waals surface area contributed by atoms with Gasteiger partial charge < -0.3 is 9.88 Å². The van der Waals surface area contributed by atoms with E-state index in [0.29, 0.717) is 0 Å². The maximum absolute atomic E-state index is 3.38. The van der Waals surface area contributed by atoms with Gasteiger partial charge in [-0.3, -0.25) is 0 Å². The molecule has 3 rings (SSSR count). The molecule has 1 N–H and O–H groups in total. The molecule has 108 valence electrons. The van der Waals surface area contributed by atoms with Crippen molar-refractivity contribution in [2.75, 3.05) is 14.1 Å². The average molecular weight is 296 g/mol.